The summed E-state index contributed by atoms with van der Waals surface area (Å²) in [4.78, 5) is 10.2. The third-order valence-corrected chi connectivity index (χ3v) is 1.70. The van der Waals surface area contributed by atoms with Crippen LogP contribution in [0, 0.1) is 5.82 Å². The Hall–Kier alpha value is -1.88. The molecule has 1 aromatic carbocycles. The van der Waals surface area contributed by atoms with Gasteiger partial charge in [0.2, 0.25) is 0 Å². The summed E-state index contributed by atoms with van der Waals surface area (Å²) in [5.74, 6) is -1.54. The minimum atomic E-state index is -1.09. The second-order valence-electron chi connectivity index (χ2n) is 2.78. The predicted octanol–water partition coefficient (Wildman–Crippen LogP) is 1.33. The van der Waals surface area contributed by atoms with Gasteiger partial charge < -0.3 is 15.5 Å². The number of halogens is 1. The number of rotatable bonds is 4. The fraction of sp³-hybridized carbons (Fsp3) is 0.100. The van der Waals surface area contributed by atoms with E-state index in [0.29, 0.717) is 11.3 Å². The molecule has 0 amide bonds. The van der Waals surface area contributed by atoms with Gasteiger partial charge in [0.1, 0.15) is 5.82 Å². The maximum absolute atomic E-state index is 12.7. The third kappa shape index (κ3) is 3.40. The molecule has 0 unspecified atom stereocenters. The van der Waals surface area contributed by atoms with Crippen LogP contribution < -0.4 is 5.32 Å². The van der Waals surface area contributed by atoms with Gasteiger partial charge in [0.15, 0.2) is 0 Å². The fourth-order valence-electron chi connectivity index (χ4n) is 1.04. The maximum Gasteiger partial charge on any atom is 0.329 e. The van der Waals surface area contributed by atoms with Gasteiger partial charge >= 0.3 is 5.97 Å². The molecule has 0 bridgehead atoms. The Kier molecular flexibility index (Phi) is 3.82. The number of carbonyl (C=O) groups is 1. The molecular formula is C10H10FNO3. The molecule has 1 aromatic rings. The molecule has 80 valence electrons. The summed E-state index contributed by atoms with van der Waals surface area (Å²) in [6.45, 7) is -0.318. The van der Waals surface area contributed by atoms with Crippen molar-refractivity contribution >= 4 is 11.7 Å². The maximum atomic E-state index is 12.7. The topological polar surface area (TPSA) is 69.6 Å². The van der Waals surface area contributed by atoms with Crippen molar-refractivity contribution in [2.75, 3.05) is 5.32 Å². The van der Waals surface area contributed by atoms with E-state index in [2.05, 4.69) is 5.32 Å². The summed E-state index contributed by atoms with van der Waals surface area (Å²) >= 11 is 0. The first-order valence-electron chi connectivity index (χ1n) is 4.19. The molecule has 0 saturated carbocycles. The van der Waals surface area contributed by atoms with Crippen LogP contribution in [0.1, 0.15) is 5.56 Å². The SMILES string of the molecule is O=C(O)C=CNc1ccc(F)cc1CO. The molecule has 0 radical (unpaired) electrons. The smallest absolute Gasteiger partial charge is 0.329 e. The van der Waals surface area contributed by atoms with Crippen LogP contribution in [0.5, 0.6) is 0 Å². The van der Waals surface area contributed by atoms with E-state index >= 15 is 0 Å². The van der Waals surface area contributed by atoms with Crippen LogP contribution in [0.25, 0.3) is 0 Å². The van der Waals surface area contributed by atoms with Crippen molar-refractivity contribution < 1.29 is 19.4 Å². The van der Waals surface area contributed by atoms with E-state index in [-0.39, 0.29) is 6.61 Å². The molecule has 0 heterocycles. The molecule has 0 atom stereocenters. The van der Waals surface area contributed by atoms with Crippen LogP contribution in [-0.2, 0) is 11.4 Å². The molecular weight excluding hydrogens is 201 g/mol. The van der Waals surface area contributed by atoms with Crippen LogP contribution in [0.3, 0.4) is 0 Å². The molecule has 0 aromatic heterocycles. The van der Waals surface area contributed by atoms with Crippen LogP contribution in [0.15, 0.2) is 30.5 Å². The number of carboxylic acid groups (broad SMARTS) is 1. The highest BCUT2D eigenvalue weighted by Crippen LogP contribution is 2.16. The summed E-state index contributed by atoms with van der Waals surface area (Å²) in [5, 5.41) is 19.9. The van der Waals surface area contributed by atoms with Gasteiger partial charge in [-0.2, -0.15) is 0 Å². The molecule has 0 aliphatic carbocycles. The van der Waals surface area contributed by atoms with Gasteiger partial charge in [-0.25, -0.2) is 9.18 Å². The van der Waals surface area contributed by atoms with Crippen molar-refractivity contribution in [3.05, 3.63) is 41.9 Å². The lowest BCUT2D eigenvalue weighted by Crippen LogP contribution is -1.97. The van der Waals surface area contributed by atoms with Gasteiger partial charge in [0.25, 0.3) is 0 Å². The second kappa shape index (κ2) is 5.11. The standard InChI is InChI=1S/C10H10FNO3/c11-8-1-2-9(7(5-8)6-13)12-4-3-10(14)15/h1-5,12-13H,6H2,(H,14,15). The Labute approximate surface area is 85.7 Å². The lowest BCUT2D eigenvalue weighted by Gasteiger charge is -2.06. The second-order valence-corrected chi connectivity index (χ2v) is 2.78. The van der Waals surface area contributed by atoms with Crippen molar-refractivity contribution in [1.29, 1.82) is 0 Å². The van der Waals surface area contributed by atoms with Crippen molar-refractivity contribution in [3.63, 3.8) is 0 Å². The Bertz CT molecular complexity index is 390. The van der Waals surface area contributed by atoms with Crippen LogP contribution in [0.4, 0.5) is 10.1 Å². The van der Waals surface area contributed by atoms with Gasteiger partial charge in [-0.15, -0.1) is 0 Å². The van der Waals surface area contributed by atoms with Crippen LogP contribution in [-0.4, -0.2) is 16.2 Å². The normalized spacial score (nSPS) is 10.5. The van der Waals surface area contributed by atoms with Gasteiger partial charge in [0, 0.05) is 23.5 Å². The number of anilines is 1. The van der Waals surface area contributed by atoms with Crippen molar-refractivity contribution in [2.45, 2.75) is 6.61 Å². The van der Waals surface area contributed by atoms with E-state index in [1.807, 2.05) is 0 Å². The largest absolute Gasteiger partial charge is 0.478 e. The Morgan fingerprint density at radius 1 is 1.53 bits per heavy atom. The zero-order chi connectivity index (χ0) is 11.3. The average Bonchev–Trinajstić information content (AvgIpc) is 2.19. The quantitative estimate of drug-likeness (QED) is 0.657. The van der Waals surface area contributed by atoms with E-state index < -0.39 is 11.8 Å². The van der Waals surface area contributed by atoms with Gasteiger partial charge in [-0.3, -0.25) is 0 Å². The Morgan fingerprint density at radius 3 is 2.87 bits per heavy atom. The Morgan fingerprint density at radius 2 is 2.27 bits per heavy atom. The number of nitrogens with one attached hydrogen (secondary N) is 1. The summed E-state index contributed by atoms with van der Waals surface area (Å²) in [7, 11) is 0. The van der Waals surface area contributed by atoms with Crippen molar-refractivity contribution in [3.8, 4) is 0 Å². The molecule has 0 aliphatic rings. The van der Waals surface area contributed by atoms with Gasteiger partial charge in [-0.05, 0) is 18.2 Å². The number of benzene rings is 1. The van der Waals surface area contributed by atoms with Gasteiger partial charge in [0.05, 0.1) is 6.61 Å². The lowest BCUT2D eigenvalue weighted by atomic mass is 10.2. The summed E-state index contributed by atoms with van der Waals surface area (Å²) in [5.41, 5.74) is 0.835. The van der Waals surface area contributed by atoms with E-state index in [1.165, 1.54) is 24.4 Å². The monoisotopic (exact) mass is 211 g/mol. The van der Waals surface area contributed by atoms with E-state index in [9.17, 15) is 9.18 Å². The highest BCUT2D eigenvalue weighted by Gasteiger charge is 2.01. The first kappa shape index (κ1) is 11.2. The summed E-state index contributed by atoms with van der Waals surface area (Å²) < 4.78 is 12.7. The van der Waals surface area contributed by atoms with Crippen molar-refractivity contribution in [2.24, 2.45) is 0 Å². The number of hydrogen-bond acceptors (Lipinski definition) is 3. The highest BCUT2D eigenvalue weighted by molar-refractivity contribution is 5.80. The molecule has 0 aliphatic heterocycles. The van der Waals surface area contributed by atoms with Gasteiger partial charge in [-0.1, -0.05) is 0 Å². The molecule has 1 rings (SSSR count). The van der Waals surface area contributed by atoms with Crippen LogP contribution >= 0.6 is 0 Å². The number of hydrogen-bond donors (Lipinski definition) is 3. The number of aliphatic hydroxyl groups excluding tert-OH is 1. The highest BCUT2D eigenvalue weighted by atomic mass is 19.1. The molecule has 3 N–H and O–H groups in total. The zero-order valence-corrected chi connectivity index (χ0v) is 7.77. The van der Waals surface area contributed by atoms with E-state index in [0.717, 1.165) is 6.08 Å². The predicted molar refractivity (Wildman–Crippen MR) is 52.7 cm³/mol. The molecule has 0 spiro atoms. The number of aliphatic hydroxyl groups is 1. The molecule has 15 heavy (non-hydrogen) atoms. The molecule has 5 heteroatoms. The minimum Gasteiger partial charge on any atom is -0.478 e. The number of aliphatic carboxylic acids is 1. The average molecular weight is 211 g/mol. The fourth-order valence-corrected chi connectivity index (χ4v) is 1.04. The first-order valence-corrected chi connectivity index (χ1v) is 4.19. The zero-order valence-electron chi connectivity index (χ0n) is 7.77. The van der Waals surface area contributed by atoms with E-state index in [1.54, 1.807) is 0 Å². The summed E-state index contributed by atoms with van der Waals surface area (Å²) in [6.07, 6.45) is 2.11. The lowest BCUT2D eigenvalue weighted by molar-refractivity contribution is -0.131. The van der Waals surface area contributed by atoms with Crippen molar-refractivity contribution in [1.82, 2.24) is 0 Å². The minimum absolute atomic E-state index is 0.318. The number of carboxylic acids is 1. The third-order valence-electron chi connectivity index (χ3n) is 1.70. The first-order chi connectivity index (χ1) is 7.13. The molecule has 0 saturated heterocycles. The summed E-state index contributed by atoms with van der Waals surface area (Å²) in [6, 6.07) is 3.82. The molecule has 4 nitrogen and oxygen atoms in total. The Balaban J connectivity index is 2.80. The van der Waals surface area contributed by atoms with Crippen LogP contribution in [0.2, 0.25) is 0 Å². The van der Waals surface area contributed by atoms with E-state index in [4.69, 9.17) is 10.2 Å². The molecule has 0 fully saturated rings.